The summed E-state index contributed by atoms with van der Waals surface area (Å²) in [6.45, 7) is 2.12. The van der Waals surface area contributed by atoms with Crippen molar-refractivity contribution in [2.75, 3.05) is 18.5 Å². The van der Waals surface area contributed by atoms with Crippen molar-refractivity contribution in [3.8, 4) is 0 Å². The standard InChI is InChI=1S/C17H22N6O.HI/c1-18-17(20-12-14-8-9-21-22-14)19-11-13-4-6-15(7-5-13)23-10-2-3-16(23)24;/h4-9H,2-3,10-12H2,1H3,(H,21,22)(H2,18,19,20);1H. The molecule has 0 saturated carbocycles. The minimum absolute atomic E-state index is 0. The van der Waals surface area contributed by atoms with Crippen LogP contribution in [-0.2, 0) is 17.9 Å². The Morgan fingerprint density at radius 3 is 2.60 bits per heavy atom. The maximum absolute atomic E-state index is 11.8. The monoisotopic (exact) mass is 454 g/mol. The first-order chi connectivity index (χ1) is 11.8. The van der Waals surface area contributed by atoms with Crippen molar-refractivity contribution in [3.63, 3.8) is 0 Å². The van der Waals surface area contributed by atoms with E-state index in [-0.39, 0.29) is 29.9 Å². The number of nitrogens with zero attached hydrogens (tertiary/aromatic N) is 3. The molecule has 25 heavy (non-hydrogen) atoms. The van der Waals surface area contributed by atoms with E-state index in [1.54, 1.807) is 13.2 Å². The predicted molar refractivity (Wildman–Crippen MR) is 109 cm³/mol. The van der Waals surface area contributed by atoms with Gasteiger partial charge in [-0.3, -0.25) is 14.9 Å². The van der Waals surface area contributed by atoms with Gasteiger partial charge in [0.15, 0.2) is 5.96 Å². The number of aromatic nitrogens is 2. The number of aliphatic imine (C=N–C) groups is 1. The molecule has 1 aliphatic heterocycles. The lowest BCUT2D eigenvalue weighted by molar-refractivity contribution is -0.117. The Morgan fingerprint density at radius 2 is 2.00 bits per heavy atom. The van der Waals surface area contributed by atoms with Crippen LogP contribution in [0.1, 0.15) is 24.1 Å². The number of amides is 1. The minimum atomic E-state index is 0. The molecule has 1 amide bonds. The minimum Gasteiger partial charge on any atom is -0.352 e. The lowest BCUT2D eigenvalue weighted by atomic mass is 10.2. The fourth-order valence-electron chi connectivity index (χ4n) is 2.68. The zero-order chi connectivity index (χ0) is 16.8. The molecule has 3 rings (SSSR count). The van der Waals surface area contributed by atoms with E-state index in [2.05, 4.69) is 25.8 Å². The van der Waals surface area contributed by atoms with Gasteiger partial charge in [-0.05, 0) is 30.2 Å². The maximum atomic E-state index is 11.8. The van der Waals surface area contributed by atoms with Crippen LogP contribution in [0.4, 0.5) is 5.69 Å². The molecule has 2 aromatic rings. The third-order valence-electron chi connectivity index (χ3n) is 4.01. The topological polar surface area (TPSA) is 85.4 Å². The summed E-state index contributed by atoms with van der Waals surface area (Å²) in [5, 5.41) is 13.3. The van der Waals surface area contributed by atoms with Crippen molar-refractivity contribution >= 4 is 41.5 Å². The molecule has 1 fully saturated rings. The van der Waals surface area contributed by atoms with E-state index in [4.69, 9.17) is 0 Å². The number of anilines is 1. The quantitative estimate of drug-likeness (QED) is 0.367. The smallest absolute Gasteiger partial charge is 0.227 e. The van der Waals surface area contributed by atoms with Gasteiger partial charge in [0.05, 0.1) is 12.2 Å². The SMILES string of the molecule is CN=C(NCc1ccc(N2CCCC2=O)cc1)NCc1ccn[nH]1.I. The van der Waals surface area contributed by atoms with Crippen molar-refractivity contribution in [3.05, 3.63) is 47.8 Å². The fourth-order valence-corrected chi connectivity index (χ4v) is 2.68. The van der Waals surface area contributed by atoms with E-state index < -0.39 is 0 Å². The van der Waals surface area contributed by atoms with Gasteiger partial charge in [-0.15, -0.1) is 24.0 Å². The maximum Gasteiger partial charge on any atom is 0.227 e. The third-order valence-corrected chi connectivity index (χ3v) is 4.01. The van der Waals surface area contributed by atoms with Gasteiger partial charge < -0.3 is 15.5 Å². The molecular weight excluding hydrogens is 431 g/mol. The van der Waals surface area contributed by atoms with Crippen LogP contribution in [0.15, 0.2) is 41.5 Å². The predicted octanol–water partition coefficient (Wildman–Crippen LogP) is 2.02. The Bertz CT molecular complexity index is 698. The zero-order valence-corrected chi connectivity index (χ0v) is 16.5. The van der Waals surface area contributed by atoms with E-state index in [1.165, 1.54) is 0 Å². The summed E-state index contributed by atoms with van der Waals surface area (Å²) in [5.41, 5.74) is 3.11. The number of carbonyl (C=O) groups excluding carboxylic acids is 1. The number of H-pyrrole nitrogens is 1. The summed E-state index contributed by atoms with van der Waals surface area (Å²) >= 11 is 0. The van der Waals surface area contributed by atoms with Crippen molar-refractivity contribution in [2.45, 2.75) is 25.9 Å². The molecule has 1 aliphatic rings. The molecular formula is C17H23IN6O. The molecule has 7 nitrogen and oxygen atoms in total. The lowest BCUT2D eigenvalue weighted by Gasteiger charge is -2.16. The Labute approximate surface area is 164 Å². The summed E-state index contributed by atoms with van der Waals surface area (Å²) < 4.78 is 0. The lowest BCUT2D eigenvalue weighted by Crippen LogP contribution is -2.36. The van der Waals surface area contributed by atoms with Crippen LogP contribution in [0, 0.1) is 0 Å². The number of hydrogen-bond acceptors (Lipinski definition) is 3. The molecule has 0 radical (unpaired) electrons. The number of aromatic amines is 1. The fraction of sp³-hybridized carbons (Fsp3) is 0.353. The second-order valence-electron chi connectivity index (χ2n) is 5.68. The van der Waals surface area contributed by atoms with Crippen molar-refractivity contribution in [1.82, 2.24) is 20.8 Å². The van der Waals surface area contributed by atoms with E-state index in [0.717, 1.165) is 35.9 Å². The van der Waals surface area contributed by atoms with Crippen LogP contribution in [0.2, 0.25) is 0 Å². The summed E-state index contributed by atoms with van der Waals surface area (Å²) in [6, 6.07) is 9.99. The number of halogens is 1. The van der Waals surface area contributed by atoms with Crippen molar-refractivity contribution < 1.29 is 4.79 Å². The molecule has 0 atom stereocenters. The van der Waals surface area contributed by atoms with E-state index in [9.17, 15) is 4.79 Å². The number of nitrogens with one attached hydrogen (secondary N) is 3. The molecule has 8 heteroatoms. The van der Waals surface area contributed by atoms with Crippen LogP contribution < -0.4 is 15.5 Å². The highest BCUT2D eigenvalue weighted by Crippen LogP contribution is 2.21. The van der Waals surface area contributed by atoms with E-state index >= 15 is 0 Å². The van der Waals surface area contributed by atoms with Gasteiger partial charge in [0.25, 0.3) is 0 Å². The molecule has 1 saturated heterocycles. The Morgan fingerprint density at radius 1 is 1.24 bits per heavy atom. The molecule has 1 aromatic carbocycles. The molecule has 134 valence electrons. The molecule has 0 unspecified atom stereocenters. The summed E-state index contributed by atoms with van der Waals surface area (Å²) in [6.07, 6.45) is 3.32. The van der Waals surface area contributed by atoms with Gasteiger partial charge in [-0.1, -0.05) is 12.1 Å². The Kier molecular flexibility index (Phi) is 7.23. The number of guanidine groups is 1. The summed E-state index contributed by atoms with van der Waals surface area (Å²) in [4.78, 5) is 17.8. The van der Waals surface area contributed by atoms with Gasteiger partial charge in [-0.25, -0.2) is 0 Å². The average Bonchev–Trinajstić information content (AvgIpc) is 3.27. The highest BCUT2D eigenvalue weighted by molar-refractivity contribution is 14.0. The molecule has 3 N–H and O–H groups in total. The molecule has 0 bridgehead atoms. The Hall–Kier alpha value is -2.10. The van der Waals surface area contributed by atoms with Crippen LogP contribution in [0.5, 0.6) is 0 Å². The summed E-state index contributed by atoms with van der Waals surface area (Å²) in [7, 11) is 1.74. The first kappa shape index (κ1) is 19.2. The zero-order valence-electron chi connectivity index (χ0n) is 14.2. The van der Waals surface area contributed by atoms with Gasteiger partial charge in [-0.2, -0.15) is 5.10 Å². The van der Waals surface area contributed by atoms with Crippen LogP contribution in [-0.4, -0.2) is 35.7 Å². The van der Waals surface area contributed by atoms with Crippen molar-refractivity contribution in [1.29, 1.82) is 0 Å². The largest absolute Gasteiger partial charge is 0.352 e. The molecule has 2 heterocycles. The van der Waals surface area contributed by atoms with Gasteiger partial charge in [0.1, 0.15) is 0 Å². The normalized spacial score (nSPS) is 14.4. The molecule has 0 aliphatic carbocycles. The van der Waals surface area contributed by atoms with Gasteiger partial charge in [0, 0.05) is 38.4 Å². The first-order valence-corrected chi connectivity index (χ1v) is 8.08. The number of hydrogen-bond donors (Lipinski definition) is 3. The van der Waals surface area contributed by atoms with Crippen LogP contribution >= 0.6 is 24.0 Å². The van der Waals surface area contributed by atoms with Crippen LogP contribution in [0.3, 0.4) is 0 Å². The van der Waals surface area contributed by atoms with Crippen molar-refractivity contribution in [2.24, 2.45) is 4.99 Å². The number of rotatable bonds is 5. The van der Waals surface area contributed by atoms with Crippen LogP contribution in [0.25, 0.3) is 0 Å². The second kappa shape index (κ2) is 9.40. The molecule has 1 aromatic heterocycles. The molecule has 0 spiro atoms. The van der Waals surface area contributed by atoms with Gasteiger partial charge >= 0.3 is 0 Å². The number of benzene rings is 1. The summed E-state index contributed by atoms with van der Waals surface area (Å²) in [5.74, 6) is 0.938. The number of carbonyl (C=O) groups is 1. The highest BCUT2D eigenvalue weighted by Gasteiger charge is 2.21. The third kappa shape index (κ3) is 5.18. The Balaban J connectivity index is 0.00000225. The van der Waals surface area contributed by atoms with E-state index in [0.29, 0.717) is 19.5 Å². The second-order valence-corrected chi connectivity index (χ2v) is 5.68. The highest BCUT2D eigenvalue weighted by atomic mass is 127. The van der Waals surface area contributed by atoms with Gasteiger partial charge in [0.2, 0.25) is 5.91 Å². The first-order valence-electron chi connectivity index (χ1n) is 8.08. The average molecular weight is 454 g/mol. The van der Waals surface area contributed by atoms with E-state index in [1.807, 2.05) is 35.2 Å².